The lowest BCUT2D eigenvalue weighted by atomic mass is 10.2. The van der Waals surface area contributed by atoms with Gasteiger partial charge in [0.25, 0.3) is 10.0 Å². The van der Waals surface area contributed by atoms with Gasteiger partial charge < -0.3 is 15.7 Å². The first kappa shape index (κ1) is 22.1. The SMILES string of the molecule is CC(=O)NCc1ccc(S(=O)(=O)Nc2ccc(N[C@@H]3CS(=O)(=O)C[C@H]3O)cc2)cc1. The highest BCUT2D eigenvalue weighted by molar-refractivity contribution is 7.92. The van der Waals surface area contributed by atoms with Gasteiger partial charge >= 0.3 is 0 Å². The molecule has 1 aliphatic heterocycles. The lowest BCUT2D eigenvalue weighted by Crippen LogP contribution is -2.31. The summed E-state index contributed by atoms with van der Waals surface area (Å²) in [5.74, 6) is -0.595. The standard InChI is InChI=1S/C19H23N3O6S2/c1-13(23)20-10-14-2-8-17(9-3-14)30(27,28)22-16-6-4-15(5-7-16)21-18-11-29(25,26)12-19(18)24/h2-9,18-19,21-22,24H,10-12H2,1H3,(H,20,23)/t18-,19-/m1/s1. The molecule has 162 valence electrons. The lowest BCUT2D eigenvalue weighted by Gasteiger charge is -2.16. The minimum atomic E-state index is -3.80. The second-order valence-electron chi connectivity index (χ2n) is 7.13. The Labute approximate surface area is 175 Å². The van der Waals surface area contributed by atoms with E-state index in [2.05, 4.69) is 15.4 Å². The van der Waals surface area contributed by atoms with Gasteiger partial charge in [0, 0.05) is 24.8 Å². The fraction of sp³-hybridized carbons (Fsp3) is 0.316. The first-order valence-corrected chi connectivity index (χ1v) is 12.5. The molecular formula is C19H23N3O6S2. The Morgan fingerprint density at radius 2 is 1.63 bits per heavy atom. The molecule has 1 aliphatic rings. The molecule has 0 aliphatic carbocycles. The molecule has 0 unspecified atom stereocenters. The van der Waals surface area contributed by atoms with Crippen LogP contribution in [0.4, 0.5) is 11.4 Å². The maximum absolute atomic E-state index is 12.6. The molecule has 1 amide bonds. The summed E-state index contributed by atoms with van der Waals surface area (Å²) < 4.78 is 50.8. The van der Waals surface area contributed by atoms with E-state index >= 15 is 0 Å². The molecule has 2 aromatic carbocycles. The van der Waals surface area contributed by atoms with Crippen molar-refractivity contribution in [2.75, 3.05) is 21.5 Å². The van der Waals surface area contributed by atoms with Gasteiger partial charge in [0.1, 0.15) is 0 Å². The third kappa shape index (κ3) is 5.71. The zero-order valence-electron chi connectivity index (χ0n) is 16.2. The Bertz CT molecular complexity index is 1110. The second-order valence-corrected chi connectivity index (χ2v) is 11.0. The summed E-state index contributed by atoms with van der Waals surface area (Å²) in [6.45, 7) is 1.72. The van der Waals surface area contributed by atoms with Crippen LogP contribution in [0.5, 0.6) is 0 Å². The molecule has 0 saturated carbocycles. The lowest BCUT2D eigenvalue weighted by molar-refractivity contribution is -0.119. The molecule has 0 spiro atoms. The fourth-order valence-electron chi connectivity index (χ4n) is 3.04. The van der Waals surface area contributed by atoms with Crippen LogP contribution >= 0.6 is 0 Å². The number of anilines is 2. The van der Waals surface area contributed by atoms with Crippen LogP contribution in [0, 0.1) is 0 Å². The summed E-state index contributed by atoms with van der Waals surface area (Å²) >= 11 is 0. The van der Waals surface area contributed by atoms with Crippen LogP contribution in [-0.2, 0) is 31.2 Å². The third-order valence-corrected chi connectivity index (χ3v) is 7.70. The molecule has 2 aromatic rings. The molecule has 1 saturated heterocycles. The van der Waals surface area contributed by atoms with Crippen LogP contribution in [-0.4, -0.2) is 51.5 Å². The highest BCUT2D eigenvalue weighted by atomic mass is 32.2. The highest BCUT2D eigenvalue weighted by Gasteiger charge is 2.36. The van der Waals surface area contributed by atoms with Crippen LogP contribution in [0.1, 0.15) is 12.5 Å². The van der Waals surface area contributed by atoms with Crippen LogP contribution in [0.25, 0.3) is 0 Å². The van der Waals surface area contributed by atoms with E-state index in [1.807, 2.05) is 0 Å². The van der Waals surface area contributed by atoms with E-state index < -0.39 is 32.0 Å². The zero-order valence-corrected chi connectivity index (χ0v) is 17.8. The van der Waals surface area contributed by atoms with E-state index in [1.54, 1.807) is 36.4 Å². The largest absolute Gasteiger partial charge is 0.390 e. The van der Waals surface area contributed by atoms with Crippen molar-refractivity contribution in [3.63, 3.8) is 0 Å². The van der Waals surface area contributed by atoms with Gasteiger partial charge in [-0.2, -0.15) is 0 Å². The number of hydrogen-bond acceptors (Lipinski definition) is 7. The average Bonchev–Trinajstić information content (AvgIpc) is 2.93. The number of aliphatic hydroxyl groups excluding tert-OH is 1. The molecule has 0 radical (unpaired) electrons. The normalized spacial score (nSPS) is 20.5. The van der Waals surface area contributed by atoms with E-state index in [0.29, 0.717) is 17.9 Å². The van der Waals surface area contributed by atoms with E-state index in [0.717, 1.165) is 5.56 Å². The van der Waals surface area contributed by atoms with Crippen molar-refractivity contribution in [2.45, 2.75) is 30.5 Å². The molecular weight excluding hydrogens is 430 g/mol. The summed E-state index contributed by atoms with van der Waals surface area (Å²) in [4.78, 5) is 11.0. The average molecular weight is 454 g/mol. The number of amides is 1. The zero-order chi connectivity index (χ0) is 21.9. The van der Waals surface area contributed by atoms with Crippen molar-refractivity contribution in [3.05, 3.63) is 54.1 Å². The molecule has 1 heterocycles. The molecule has 11 heteroatoms. The topological polar surface area (TPSA) is 142 Å². The molecule has 3 rings (SSSR count). The minimum absolute atomic E-state index is 0.0792. The molecule has 0 bridgehead atoms. The Morgan fingerprint density at radius 3 is 2.17 bits per heavy atom. The van der Waals surface area contributed by atoms with Crippen LogP contribution in [0.2, 0.25) is 0 Å². The summed E-state index contributed by atoms with van der Waals surface area (Å²) in [5.41, 5.74) is 1.68. The Balaban J connectivity index is 1.63. The van der Waals surface area contributed by atoms with Crippen LogP contribution in [0.3, 0.4) is 0 Å². The predicted octanol–water partition coefficient (Wildman–Crippen LogP) is 0.693. The second kappa shape index (κ2) is 8.62. The van der Waals surface area contributed by atoms with E-state index in [-0.39, 0.29) is 22.3 Å². The molecule has 0 aromatic heterocycles. The smallest absolute Gasteiger partial charge is 0.261 e. The number of carbonyl (C=O) groups is 1. The van der Waals surface area contributed by atoms with Gasteiger partial charge in [-0.15, -0.1) is 0 Å². The molecule has 30 heavy (non-hydrogen) atoms. The van der Waals surface area contributed by atoms with Gasteiger partial charge in [-0.25, -0.2) is 16.8 Å². The molecule has 2 atom stereocenters. The first-order chi connectivity index (χ1) is 14.0. The third-order valence-electron chi connectivity index (χ3n) is 4.59. The Hall–Kier alpha value is -2.63. The van der Waals surface area contributed by atoms with E-state index in [1.165, 1.54) is 19.1 Å². The number of nitrogens with one attached hydrogen (secondary N) is 3. The quantitative estimate of drug-likeness (QED) is 0.483. The van der Waals surface area contributed by atoms with Crippen LogP contribution in [0.15, 0.2) is 53.4 Å². The van der Waals surface area contributed by atoms with Gasteiger partial charge in [-0.1, -0.05) is 12.1 Å². The van der Waals surface area contributed by atoms with Crippen molar-refractivity contribution in [1.29, 1.82) is 0 Å². The summed E-state index contributed by atoms with van der Waals surface area (Å²) in [6, 6.07) is 11.8. The predicted molar refractivity (Wildman–Crippen MR) is 113 cm³/mol. The number of hydrogen-bond donors (Lipinski definition) is 4. The minimum Gasteiger partial charge on any atom is -0.390 e. The summed E-state index contributed by atoms with van der Waals surface area (Å²) in [6.07, 6.45) is -0.984. The number of aliphatic hydroxyl groups is 1. The van der Waals surface area contributed by atoms with E-state index in [4.69, 9.17) is 0 Å². The highest BCUT2D eigenvalue weighted by Crippen LogP contribution is 2.22. The number of sulfone groups is 1. The number of carbonyl (C=O) groups excluding carboxylic acids is 1. The molecule has 9 nitrogen and oxygen atoms in total. The molecule has 4 N–H and O–H groups in total. The number of benzene rings is 2. The van der Waals surface area contributed by atoms with Gasteiger partial charge in [0.05, 0.1) is 28.5 Å². The van der Waals surface area contributed by atoms with E-state index in [9.17, 15) is 26.7 Å². The Morgan fingerprint density at radius 1 is 1.03 bits per heavy atom. The van der Waals surface area contributed by atoms with Crippen molar-refractivity contribution in [3.8, 4) is 0 Å². The Kier molecular flexibility index (Phi) is 6.34. The van der Waals surface area contributed by atoms with Gasteiger partial charge in [-0.3, -0.25) is 9.52 Å². The number of rotatable bonds is 7. The maximum Gasteiger partial charge on any atom is 0.261 e. The van der Waals surface area contributed by atoms with Gasteiger partial charge in [-0.05, 0) is 42.0 Å². The van der Waals surface area contributed by atoms with Crippen molar-refractivity contribution in [1.82, 2.24) is 5.32 Å². The maximum atomic E-state index is 12.6. The first-order valence-electron chi connectivity index (χ1n) is 9.15. The fourth-order valence-corrected chi connectivity index (χ4v) is 5.84. The van der Waals surface area contributed by atoms with Gasteiger partial charge in [0.15, 0.2) is 9.84 Å². The van der Waals surface area contributed by atoms with Crippen molar-refractivity contribution in [2.24, 2.45) is 0 Å². The van der Waals surface area contributed by atoms with Crippen LogP contribution < -0.4 is 15.4 Å². The van der Waals surface area contributed by atoms with Gasteiger partial charge in [0.2, 0.25) is 5.91 Å². The molecule has 1 fully saturated rings. The summed E-state index contributed by atoms with van der Waals surface area (Å²) in [5, 5.41) is 15.4. The van der Waals surface area contributed by atoms with Crippen molar-refractivity contribution < 1.29 is 26.7 Å². The summed E-state index contributed by atoms with van der Waals surface area (Å²) in [7, 11) is -7.06. The van der Waals surface area contributed by atoms with Crippen molar-refractivity contribution >= 4 is 37.1 Å². The monoisotopic (exact) mass is 453 g/mol. The number of sulfonamides is 1.